The highest BCUT2D eigenvalue weighted by molar-refractivity contribution is 7.12. The maximum absolute atomic E-state index is 12.0. The van der Waals surface area contributed by atoms with Crippen LogP contribution in [0.5, 0.6) is 0 Å². The van der Waals surface area contributed by atoms with Crippen molar-refractivity contribution < 1.29 is 19.1 Å². The van der Waals surface area contributed by atoms with Crippen LogP contribution in [0.15, 0.2) is 41.8 Å². The highest BCUT2D eigenvalue weighted by Crippen LogP contribution is 2.15. The van der Waals surface area contributed by atoms with Gasteiger partial charge in [0.05, 0.1) is 11.3 Å². The number of nitrogens with one attached hydrogen (secondary N) is 1. The molecular weight excluding hydrogens is 350 g/mol. The second-order valence-electron chi connectivity index (χ2n) is 5.03. The molecule has 2 rings (SSSR count). The summed E-state index contributed by atoms with van der Waals surface area (Å²) in [4.78, 5) is 36.2. The van der Waals surface area contributed by atoms with Gasteiger partial charge >= 0.3 is 5.97 Å². The van der Waals surface area contributed by atoms with Gasteiger partial charge < -0.3 is 10.1 Å². The van der Waals surface area contributed by atoms with Crippen molar-refractivity contribution in [3.05, 3.63) is 51.7 Å². The van der Waals surface area contributed by atoms with Crippen molar-refractivity contribution in [2.75, 3.05) is 5.32 Å². The Kier molecular flexibility index (Phi) is 6.52. The van der Waals surface area contributed by atoms with Gasteiger partial charge in [0.1, 0.15) is 0 Å². The molecule has 1 amide bonds. The molecule has 7 heteroatoms. The van der Waals surface area contributed by atoms with Gasteiger partial charge in [-0.1, -0.05) is 17.7 Å². The molecule has 0 spiro atoms. The molecule has 2 aromatic rings. The Hall–Kier alpha value is -2.18. The first-order valence-corrected chi connectivity index (χ1v) is 8.54. The second-order valence-corrected chi connectivity index (χ2v) is 6.41. The molecule has 1 aromatic heterocycles. The molecule has 5 nitrogen and oxygen atoms in total. The van der Waals surface area contributed by atoms with E-state index >= 15 is 0 Å². The number of carbonyl (C=O) groups is 3. The predicted octanol–water partition coefficient (Wildman–Crippen LogP) is 3.93. The molecule has 1 heterocycles. The molecule has 0 radical (unpaired) electrons. The van der Waals surface area contributed by atoms with Crippen molar-refractivity contribution in [3.8, 4) is 0 Å². The number of rotatable bonds is 7. The van der Waals surface area contributed by atoms with Crippen LogP contribution >= 0.6 is 22.9 Å². The van der Waals surface area contributed by atoms with Gasteiger partial charge in [-0.05, 0) is 42.6 Å². The number of hydrogen-bond acceptors (Lipinski definition) is 5. The molecule has 0 saturated carbocycles. The van der Waals surface area contributed by atoms with Crippen LogP contribution in [-0.4, -0.2) is 23.8 Å². The first-order chi connectivity index (χ1) is 11.5. The Balaban J connectivity index is 1.77. The summed E-state index contributed by atoms with van der Waals surface area (Å²) in [7, 11) is 0. The lowest BCUT2D eigenvalue weighted by atomic mass is 10.2. The van der Waals surface area contributed by atoms with Gasteiger partial charge in [0.15, 0.2) is 11.9 Å². The van der Waals surface area contributed by atoms with Crippen molar-refractivity contribution in [2.24, 2.45) is 0 Å². The summed E-state index contributed by atoms with van der Waals surface area (Å²) in [5, 5.41) is 4.98. The molecule has 1 atom stereocenters. The first-order valence-electron chi connectivity index (χ1n) is 7.28. The summed E-state index contributed by atoms with van der Waals surface area (Å²) < 4.78 is 5.05. The van der Waals surface area contributed by atoms with Gasteiger partial charge in [-0.2, -0.15) is 0 Å². The molecule has 1 N–H and O–H groups in total. The molecule has 0 aliphatic carbocycles. The topological polar surface area (TPSA) is 72.5 Å². The number of ether oxygens (including phenoxy) is 1. The Labute approximate surface area is 148 Å². The number of carbonyl (C=O) groups excluding carboxylic acids is 3. The summed E-state index contributed by atoms with van der Waals surface area (Å²) in [5.41, 5.74) is 0.556. The van der Waals surface area contributed by atoms with E-state index in [4.69, 9.17) is 16.3 Å². The van der Waals surface area contributed by atoms with Gasteiger partial charge in [0.25, 0.3) is 5.91 Å². The van der Waals surface area contributed by atoms with E-state index in [2.05, 4.69) is 5.32 Å². The third-order valence-electron chi connectivity index (χ3n) is 3.14. The average molecular weight is 366 g/mol. The number of Topliss-reactive ketones (excluding diaryl/α,β-unsaturated/α-hetero) is 1. The third-order valence-corrected chi connectivity index (χ3v) is 4.30. The molecule has 24 heavy (non-hydrogen) atoms. The summed E-state index contributed by atoms with van der Waals surface area (Å²) in [6, 6.07) is 10.1. The fraction of sp³-hybridized carbons (Fsp3) is 0.235. The molecule has 0 aliphatic rings. The predicted molar refractivity (Wildman–Crippen MR) is 93.5 cm³/mol. The molecule has 0 fully saturated rings. The summed E-state index contributed by atoms with van der Waals surface area (Å²) in [6.07, 6.45) is -0.954. The number of halogens is 1. The van der Waals surface area contributed by atoms with E-state index in [1.165, 1.54) is 18.3 Å². The molecule has 0 aliphatic heterocycles. The first kappa shape index (κ1) is 18.2. The summed E-state index contributed by atoms with van der Waals surface area (Å²) >= 11 is 7.10. The highest BCUT2D eigenvalue weighted by Gasteiger charge is 2.19. The van der Waals surface area contributed by atoms with E-state index in [0.717, 1.165) is 0 Å². The Morgan fingerprint density at radius 2 is 1.88 bits per heavy atom. The normalized spacial score (nSPS) is 11.6. The van der Waals surface area contributed by atoms with Crippen LogP contribution in [0.4, 0.5) is 5.69 Å². The minimum Gasteiger partial charge on any atom is -0.453 e. The number of thiophene rings is 1. The van der Waals surface area contributed by atoms with Gasteiger partial charge in [0.2, 0.25) is 0 Å². The van der Waals surface area contributed by atoms with Gasteiger partial charge in [-0.3, -0.25) is 14.4 Å². The molecule has 0 unspecified atom stereocenters. The quantitative estimate of drug-likeness (QED) is 0.596. The van der Waals surface area contributed by atoms with Crippen molar-refractivity contribution in [1.29, 1.82) is 0 Å². The number of benzene rings is 1. The average Bonchev–Trinajstić information content (AvgIpc) is 3.09. The van der Waals surface area contributed by atoms with E-state index in [-0.39, 0.29) is 18.6 Å². The van der Waals surface area contributed by atoms with E-state index in [1.807, 2.05) is 0 Å². The van der Waals surface area contributed by atoms with Crippen molar-refractivity contribution in [3.63, 3.8) is 0 Å². The van der Waals surface area contributed by atoms with Crippen LogP contribution < -0.4 is 5.32 Å². The van der Waals surface area contributed by atoms with Crippen LogP contribution in [0.25, 0.3) is 0 Å². The van der Waals surface area contributed by atoms with Gasteiger partial charge in [-0.15, -0.1) is 11.3 Å². The molecular formula is C17H16ClNO4S. The summed E-state index contributed by atoms with van der Waals surface area (Å²) in [5.74, 6) is -1.14. The zero-order chi connectivity index (χ0) is 17.5. The lowest BCUT2D eigenvalue weighted by molar-refractivity contribution is -0.153. The maximum atomic E-state index is 12.0. The molecule has 126 valence electrons. The number of ketones is 1. The molecule has 0 bridgehead atoms. The lowest BCUT2D eigenvalue weighted by Gasteiger charge is -2.13. The van der Waals surface area contributed by atoms with Crippen LogP contribution in [0.3, 0.4) is 0 Å². The van der Waals surface area contributed by atoms with Gasteiger partial charge in [-0.25, -0.2) is 0 Å². The molecule has 0 saturated heterocycles. The van der Waals surface area contributed by atoms with Crippen LogP contribution in [-0.2, 0) is 14.3 Å². The minimum atomic E-state index is -0.954. The second kappa shape index (κ2) is 8.61. The highest BCUT2D eigenvalue weighted by atomic mass is 35.5. The Bertz CT molecular complexity index is 713. The van der Waals surface area contributed by atoms with Crippen molar-refractivity contribution >= 4 is 46.3 Å². The Morgan fingerprint density at radius 3 is 2.50 bits per heavy atom. The number of amides is 1. The van der Waals surface area contributed by atoms with Crippen molar-refractivity contribution in [1.82, 2.24) is 0 Å². The maximum Gasteiger partial charge on any atom is 0.307 e. The SMILES string of the molecule is C[C@@H](OC(=O)CCC(=O)c1cccs1)C(=O)Nc1ccc(Cl)cc1. The number of esters is 1. The van der Waals surface area contributed by atoms with Crippen LogP contribution in [0.1, 0.15) is 29.4 Å². The third kappa shape index (κ3) is 5.47. The smallest absolute Gasteiger partial charge is 0.307 e. The van der Waals surface area contributed by atoms with E-state index < -0.39 is 18.0 Å². The summed E-state index contributed by atoms with van der Waals surface area (Å²) in [6.45, 7) is 1.48. The monoisotopic (exact) mass is 365 g/mol. The van der Waals surface area contributed by atoms with Crippen LogP contribution in [0.2, 0.25) is 5.02 Å². The lowest BCUT2D eigenvalue weighted by Crippen LogP contribution is -2.30. The van der Waals surface area contributed by atoms with E-state index in [0.29, 0.717) is 15.6 Å². The van der Waals surface area contributed by atoms with E-state index in [1.54, 1.807) is 41.8 Å². The minimum absolute atomic E-state index is 0.0602. The number of hydrogen-bond donors (Lipinski definition) is 1. The standard InChI is InChI=1S/C17H16ClNO4S/c1-11(17(22)19-13-6-4-12(18)5-7-13)23-16(21)9-8-14(20)15-3-2-10-24-15/h2-7,10-11H,8-9H2,1H3,(H,19,22)/t11-/m1/s1. The molecule has 1 aromatic carbocycles. The van der Waals surface area contributed by atoms with E-state index in [9.17, 15) is 14.4 Å². The Morgan fingerprint density at radius 1 is 1.17 bits per heavy atom. The zero-order valence-corrected chi connectivity index (χ0v) is 14.5. The number of anilines is 1. The fourth-order valence-corrected chi connectivity index (χ4v) is 2.68. The van der Waals surface area contributed by atoms with Crippen LogP contribution in [0, 0.1) is 0 Å². The van der Waals surface area contributed by atoms with Crippen molar-refractivity contribution in [2.45, 2.75) is 25.9 Å². The fourth-order valence-electron chi connectivity index (χ4n) is 1.86. The largest absolute Gasteiger partial charge is 0.453 e. The van der Waals surface area contributed by atoms with Gasteiger partial charge in [0, 0.05) is 17.1 Å². The zero-order valence-electron chi connectivity index (χ0n) is 13.0.